The van der Waals surface area contributed by atoms with E-state index in [0.717, 1.165) is 168 Å². The Morgan fingerprint density at radius 2 is 1.01 bits per heavy atom. The molecule has 0 saturated heterocycles. The molecule has 5 aromatic rings. The van der Waals surface area contributed by atoms with Gasteiger partial charge in [-0.25, -0.2) is 19.6 Å². The number of methoxy groups -OCH3 is 1. The van der Waals surface area contributed by atoms with Gasteiger partial charge in [-0.2, -0.15) is 0 Å². The van der Waals surface area contributed by atoms with Gasteiger partial charge in [0.25, 0.3) is 0 Å². The van der Waals surface area contributed by atoms with E-state index in [-0.39, 0.29) is 47.7 Å². The fraction of sp³-hybridized carbons (Fsp3) is 0.563. The molecule has 0 unspecified atom stereocenters. The summed E-state index contributed by atoms with van der Waals surface area (Å²) in [5.74, 6) is 1.28. The Kier molecular flexibility index (Phi) is 29.1. The third-order valence-corrected chi connectivity index (χ3v) is 18.3. The molecule has 0 bridgehead atoms. The first kappa shape index (κ1) is 67.8. The van der Waals surface area contributed by atoms with Crippen molar-refractivity contribution in [3.05, 3.63) is 103 Å². The lowest BCUT2D eigenvalue weighted by Crippen LogP contribution is -2.30. The Balaban J connectivity index is 0.835. The second-order valence-electron chi connectivity index (χ2n) is 23.4. The molecule has 88 heavy (non-hydrogen) atoms. The van der Waals surface area contributed by atoms with Crippen LogP contribution in [0, 0.1) is 17.8 Å². The second-order valence-corrected chi connectivity index (χ2v) is 24.7. The number of hydrogen-bond acceptors (Lipinski definition) is 17. The summed E-state index contributed by atoms with van der Waals surface area (Å²) in [6.45, 7) is 9.95. The van der Waals surface area contributed by atoms with Gasteiger partial charge in [0.2, 0.25) is 0 Å². The standard InChI is InChI=1S/C71H93NO15S/c1-4-67(73)82-46-16-9-8-14-45-81-58-34-38-62(39-35-58)88-68-65-48-60(86-70(75)53-20-18-51(19-21-53)52-26-28-56(29-27-52)79-43-13-7-6-12-42-78-50-77-3)36-40-63(65)64-41-37-61(49-66(64)72-68)87-71(76)55-24-22-54(23-25-55)69(74)85-59-32-30-57(31-33-59)80-44-15-10-11-17-47-84-83-5-2/h4,26-33,36-37,40-41,48-49,51,53-55,58,62H,1,5-25,34-35,38-39,42-47,50H2,2-3H3. The third-order valence-electron chi connectivity index (χ3n) is 16.9. The van der Waals surface area contributed by atoms with Gasteiger partial charge < -0.3 is 42.6 Å². The second kappa shape index (κ2) is 37.8. The molecule has 3 aliphatic carbocycles. The molecular weight excluding hydrogens is 1140 g/mol. The van der Waals surface area contributed by atoms with E-state index in [1.54, 1.807) is 31.0 Å². The van der Waals surface area contributed by atoms with Crippen molar-refractivity contribution in [1.29, 1.82) is 0 Å². The van der Waals surface area contributed by atoms with Crippen molar-refractivity contribution in [3.63, 3.8) is 0 Å². The van der Waals surface area contributed by atoms with Crippen molar-refractivity contribution in [2.45, 2.75) is 183 Å². The van der Waals surface area contributed by atoms with Gasteiger partial charge in [0.15, 0.2) is 0 Å². The van der Waals surface area contributed by atoms with Gasteiger partial charge >= 0.3 is 23.9 Å². The van der Waals surface area contributed by atoms with E-state index in [2.05, 4.69) is 30.8 Å². The number of carbonyl (C=O) groups excluding carboxylic acids is 4. The van der Waals surface area contributed by atoms with E-state index in [1.807, 2.05) is 55.5 Å². The molecule has 478 valence electrons. The molecule has 3 aliphatic rings. The van der Waals surface area contributed by atoms with E-state index in [9.17, 15) is 19.2 Å². The number of nitrogens with zero attached hydrogens (tertiary/aromatic N) is 1. The van der Waals surface area contributed by atoms with Crippen LogP contribution in [0.2, 0.25) is 0 Å². The van der Waals surface area contributed by atoms with Crippen molar-refractivity contribution in [2.75, 3.05) is 60.2 Å². The van der Waals surface area contributed by atoms with Gasteiger partial charge in [0.05, 0.1) is 62.4 Å². The van der Waals surface area contributed by atoms with Gasteiger partial charge in [0, 0.05) is 48.5 Å². The summed E-state index contributed by atoms with van der Waals surface area (Å²) >= 11 is 1.75. The Labute approximate surface area is 524 Å². The van der Waals surface area contributed by atoms with Crippen LogP contribution >= 0.6 is 11.8 Å². The zero-order valence-electron chi connectivity index (χ0n) is 51.9. The molecular formula is C71H93NO15S. The van der Waals surface area contributed by atoms with Crippen molar-refractivity contribution in [2.24, 2.45) is 17.8 Å². The SMILES string of the molecule is C=CC(=O)OCCCCCCOC1CCC(Sc2nc3cc(OC(=O)C4CCC(C(=O)Oc5ccc(OCCCCCCOOCC)cc5)CC4)ccc3c3ccc(OC(=O)C4CCC(c5ccc(OCCCCCCOCOC)cc5)CC4)cc23)CC1. The van der Waals surface area contributed by atoms with E-state index >= 15 is 0 Å². The summed E-state index contributed by atoms with van der Waals surface area (Å²) < 4.78 is 51.7. The summed E-state index contributed by atoms with van der Waals surface area (Å²) in [6.07, 6.45) is 22.5. The first-order valence-corrected chi connectivity index (χ1v) is 33.4. The van der Waals surface area contributed by atoms with Crippen LogP contribution in [0.3, 0.4) is 0 Å². The number of carbonyl (C=O) groups is 4. The third kappa shape index (κ3) is 22.4. The molecule has 17 heteroatoms. The molecule has 0 radical (unpaired) electrons. The van der Waals surface area contributed by atoms with Gasteiger partial charge in [-0.3, -0.25) is 14.4 Å². The number of ether oxygens (including phenoxy) is 9. The first-order valence-electron chi connectivity index (χ1n) is 32.5. The fourth-order valence-electron chi connectivity index (χ4n) is 11.9. The monoisotopic (exact) mass is 1230 g/mol. The topological polar surface area (TPSA) is 183 Å². The molecule has 0 amide bonds. The number of benzene rings is 4. The lowest BCUT2D eigenvalue weighted by atomic mass is 9.79. The van der Waals surface area contributed by atoms with Gasteiger partial charge in [-0.1, -0.05) is 38.0 Å². The molecule has 1 heterocycles. The number of pyridine rings is 1. The van der Waals surface area contributed by atoms with Crippen LogP contribution in [0.5, 0.6) is 28.7 Å². The van der Waals surface area contributed by atoms with Crippen LogP contribution < -0.4 is 23.7 Å². The van der Waals surface area contributed by atoms with Crippen LogP contribution in [0.15, 0.2) is 103 Å². The van der Waals surface area contributed by atoms with Gasteiger partial charge in [0.1, 0.15) is 40.6 Å². The van der Waals surface area contributed by atoms with Crippen LogP contribution in [0.4, 0.5) is 0 Å². The van der Waals surface area contributed by atoms with Crippen molar-refractivity contribution < 1.29 is 71.6 Å². The van der Waals surface area contributed by atoms with Gasteiger partial charge in [-0.15, -0.1) is 11.8 Å². The Hall–Kier alpha value is -6.08. The maximum absolute atomic E-state index is 13.9. The molecule has 3 fully saturated rings. The minimum Gasteiger partial charge on any atom is -0.494 e. The summed E-state index contributed by atoms with van der Waals surface area (Å²) in [5.41, 5.74) is 1.98. The maximum Gasteiger partial charge on any atom is 0.330 e. The Morgan fingerprint density at radius 3 is 1.60 bits per heavy atom. The largest absolute Gasteiger partial charge is 0.494 e. The van der Waals surface area contributed by atoms with E-state index in [0.29, 0.717) is 106 Å². The first-order chi connectivity index (χ1) is 43.2. The molecule has 4 aromatic carbocycles. The molecule has 0 N–H and O–H groups in total. The summed E-state index contributed by atoms with van der Waals surface area (Å²) in [4.78, 5) is 67.5. The lowest BCUT2D eigenvalue weighted by molar-refractivity contribution is -0.291. The number of unbranched alkanes of at least 4 members (excludes halogenated alkanes) is 9. The number of aromatic nitrogens is 1. The molecule has 16 nitrogen and oxygen atoms in total. The van der Waals surface area contributed by atoms with Crippen molar-refractivity contribution in [1.82, 2.24) is 4.98 Å². The van der Waals surface area contributed by atoms with Crippen LogP contribution in [-0.4, -0.2) is 100 Å². The normalized spacial score (nSPS) is 19.4. The molecule has 0 aliphatic heterocycles. The van der Waals surface area contributed by atoms with Gasteiger partial charge in [-0.05, 0) is 225 Å². The number of fused-ring (bicyclic) bond motifs is 3. The summed E-state index contributed by atoms with van der Waals surface area (Å²) in [6, 6.07) is 27.1. The van der Waals surface area contributed by atoms with E-state index in [4.69, 9.17) is 57.4 Å². The predicted octanol–water partition coefficient (Wildman–Crippen LogP) is 15.8. The average Bonchev–Trinajstić information content (AvgIpc) is 1.66. The zero-order chi connectivity index (χ0) is 61.6. The molecule has 1 aromatic heterocycles. The number of esters is 4. The van der Waals surface area contributed by atoms with Crippen LogP contribution in [0.1, 0.15) is 173 Å². The maximum atomic E-state index is 13.9. The number of thioether (sulfide) groups is 1. The Bertz CT molecular complexity index is 2910. The zero-order valence-corrected chi connectivity index (χ0v) is 52.8. The molecule has 8 rings (SSSR count). The quantitative estimate of drug-likeness (QED) is 0.00531. The lowest BCUT2D eigenvalue weighted by Gasteiger charge is -2.28. The predicted molar refractivity (Wildman–Crippen MR) is 340 cm³/mol. The minimum absolute atomic E-state index is 0.192. The summed E-state index contributed by atoms with van der Waals surface area (Å²) in [7, 11) is 1.63. The fourth-order valence-corrected chi connectivity index (χ4v) is 13.1. The van der Waals surface area contributed by atoms with Crippen LogP contribution in [0.25, 0.3) is 21.7 Å². The highest BCUT2D eigenvalue weighted by atomic mass is 32.2. The molecule has 3 saturated carbocycles. The number of hydrogen-bond donors (Lipinski definition) is 0. The smallest absolute Gasteiger partial charge is 0.330 e. The van der Waals surface area contributed by atoms with Crippen molar-refractivity contribution >= 4 is 57.3 Å². The highest BCUT2D eigenvalue weighted by Gasteiger charge is 2.33. The summed E-state index contributed by atoms with van der Waals surface area (Å²) in [5, 5.41) is 3.90. The average molecular weight is 1230 g/mol. The van der Waals surface area contributed by atoms with E-state index in [1.165, 1.54) is 11.6 Å². The van der Waals surface area contributed by atoms with Crippen LogP contribution in [-0.2, 0) is 47.9 Å². The minimum atomic E-state index is -0.383. The molecule has 0 atom stereocenters. The van der Waals surface area contributed by atoms with Crippen molar-refractivity contribution in [3.8, 4) is 28.7 Å². The highest BCUT2D eigenvalue weighted by molar-refractivity contribution is 8.00. The number of rotatable bonds is 38. The molecule has 0 spiro atoms. The highest BCUT2D eigenvalue weighted by Crippen LogP contribution is 2.42. The Morgan fingerprint density at radius 1 is 0.511 bits per heavy atom. The van der Waals surface area contributed by atoms with E-state index < -0.39 is 0 Å².